The number of ether oxygens (including phenoxy) is 1. The van der Waals surface area contributed by atoms with Gasteiger partial charge in [0, 0.05) is 5.75 Å². The minimum atomic E-state index is -3.50. The lowest BCUT2D eigenvalue weighted by molar-refractivity contribution is 0.138. The Kier molecular flexibility index (Phi) is 5.13. The molecule has 0 saturated heterocycles. The van der Waals surface area contributed by atoms with Crippen molar-refractivity contribution in [3.05, 3.63) is 29.8 Å². The van der Waals surface area contributed by atoms with E-state index >= 15 is 0 Å². The van der Waals surface area contributed by atoms with Gasteiger partial charge >= 0.3 is 0 Å². The van der Waals surface area contributed by atoms with Gasteiger partial charge in [0.1, 0.15) is 11.0 Å². The molecule has 1 aromatic carbocycles. The summed E-state index contributed by atoms with van der Waals surface area (Å²) in [6.07, 6.45) is -1.24. The maximum absolute atomic E-state index is 11.7. The fraction of sp³-hybridized carbons (Fsp3) is 0.500. The Morgan fingerprint density at radius 1 is 1.28 bits per heavy atom. The smallest absolute Gasteiger partial charge is 0.158 e. The average molecular weight is 274 g/mol. The summed E-state index contributed by atoms with van der Waals surface area (Å²) in [5.74, 6) is 0.496. The van der Waals surface area contributed by atoms with Crippen LogP contribution in [0.1, 0.15) is 18.6 Å². The summed E-state index contributed by atoms with van der Waals surface area (Å²) < 4.78 is 28.4. The van der Waals surface area contributed by atoms with E-state index in [1.165, 1.54) is 14.0 Å². The standard InChI is InChI=1S/C12H18O5S/c1-3-18(15,16)11(8-13)12(14)9-4-6-10(17-2)7-5-9/h4-7,11-14H,3,8H2,1-2H3/t11-,12+/m0/s1. The number of benzene rings is 1. The summed E-state index contributed by atoms with van der Waals surface area (Å²) >= 11 is 0. The van der Waals surface area contributed by atoms with Crippen LogP contribution in [0.2, 0.25) is 0 Å². The number of hydrogen-bond donors (Lipinski definition) is 2. The van der Waals surface area contributed by atoms with E-state index in [-0.39, 0.29) is 5.75 Å². The van der Waals surface area contributed by atoms with Crippen molar-refractivity contribution in [1.82, 2.24) is 0 Å². The molecule has 102 valence electrons. The van der Waals surface area contributed by atoms with Gasteiger partial charge in [-0.25, -0.2) is 8.42 Å². The number of methoxy groups -OCH3 is 1. The van der Waals surface area contributed by atoms with Crippen molar-refractivity contribution in [2.75, 3.05) is 19.5 Å². The zero-order valence-corrected chi connectivity index (χ0v) is 11.2. The maximum Gasteiger partial charge on any atom is 0.158 e. The van der Waals surface area contributed by atoms with E-state index in [9.17, 15) is 13.5 Å². The normalized spacial score (nSPS) is 15.1. The highest BCUT2D eigenvalue weighted by Crippen LogP contribution is 2.24. The molecule has 18 heavy (non-hydrogen) atoms. The summed E-state index contributed by atoms with van der Waals surface area (Å²) in [6.45, 7) is 0.877. The number of rotatable bonds is 6. The molecule has 2 N–H and O–H groups in total. The van der Waals surface area contributed by atoms with Crippen LogP contribution in [0.3, 0.4) is 0 Å². The predicted octanol–water partition coefficient (Wildman–Crippen LogP) is 0.524. The molecule has 0 radical (unpaired) electrons. The molecule has 1 aromatic rings. The number of aliphatic hydroxyl groups excluding tert-OH is 2. The topological polar surface area (TPSA) is 83.8 Å². The van der Waals surface area contributed by atoms with Gasteiger partial charge in [-0.2, -0.15) is 0 Å². The fourth-order valence-corrected chi connectivity index (χ4v) is 2.84. The van der Waals surface area contributed by atoms with E-state index in [4.69, 9.17) is 9.84 Å². The molecule has 0 aliphatic rings. The van der Waals surface area contributed by atoms with E-state index < -0.39 is 27.8 Å². The molecule has 0 amide bonds. The lowest BCUT2D eigenvalue weighted by atomic mass is 10.1. The summed E-state index contributed by atoms with van der Waals surface area (Å²) in [6, 6.07) is 6.42. The summed E-state index contributed by atoms with van der Waals surface area (Å²) in [5.41, 5.74) is 0.437. The van der Waals surface area contributed by atoms with Crippen molar-refractivity contribution in [3.63, 3.8) is 0 Å². The minimum Gasteiger partial charge on any atom is -0.497 e. The number of aliphatic hydroxyl groups is 2. The molecule has 0 bridgehead atoms. The molecule has 1 rings (SSSR count). The van der Waals surface area contributed by atoms with Crippen LogP contribution in [-0.2, 0) is 9.84 Å². The van der Waals surface area contributed by atoms with Gasteiger partial charge in [0.25, 0.3) is 0 Å². The Labute approximate surface area is 107 Å². The van der Waals surface area contributed by atoms with Gasteiger partial charge in [-0.3, -0.25) is 0 Å². The lowest BCUT2D eigenvalue weighted by Gasteiger charge is -2.21. The van der Waals surface area contributed by atoms with Crippen molar-refractivity contribution >= 4 is 9.84 Å². The Morgan fingerprint density at radius 2 is 1.83 bits per heavy atom. The molecule has 0 fully saturated rings. The highest BCUT2D eigenvalue weighted by atomic mass is 32.2. The van der Waals surface area contributed by atoms with E-state index in [1.54, 1.807) is 24.3 Å². The third-order valence-corrected chi connectivity index (χ3v) is 4.99. The van der Waals surface area contributed by atoms with Crippen molar-refractivity contribution in [2.24, 2.45) is 0 Å². The summed E-state index contributed by atoms with van der Waals surface area (Å²) in [4.78, 5) is 0. The first-order valence-corrected chi connectivity index (χ1v) is 7.32. The van der Waals surface area contributed by atoms with Crippen molar-refractivity contribution in [1.29, 1.82) is 0 Å². The first kappa shape index (κ1) is 14.9. The third kappa shape index (κ3) is 3.22. The van der Waals surface area contributed by atoms with E-state index in [2.05, 4.69) is 0 Å². The second-order valence-corrected chi connectivity index (χ2v) is 6.40. The Balaban J connectivity index is 3.00. The molecule has 0 unspecified atom stereocenters. The van der Waals surface area contributed by atoms with Crippen molar-refractivity contribution in [3.8, 4) is 5.75 Å². The van der Waals surface area contributed by atoms with Crippen LogP contribution in [0.5, 0.6) is 5.75 Å². The van der Waals surface area contributed by atoms with Gasteiger partial charge in [0.05, 0.1) is 19.8 Å². The molecule has 0 heterocycles. The van der Waals surface area contributed by atoms with Crippen LogP contribution in [0.25, 0.3) is 0 Å². The van der Waals surface area contributed by atoms with Gasteiger partial charge in [-0.1, -0.05) is 19.1 Å². The molecule has 0 aromatic heterocycles. The SMILES string of the molecule is CCS(=O)(=O)[C@@H](CO)[C@H](O)c1ccc(OC)cc1. The zero-order valence-electron chi connectivity index (χ0n) is 10.4. The van der Waals surface area contributed by atoms with Gasteiger partial charge in [0.2, 0.25) is 0 Å². The molecule has 0 aliphatic carbocycles. The van der Waals surface area contributed by atoms with Crippen molar-refractivity contribution in [2.45, 2.75) is 18.3 Å². The zero-order chi connectivity index (χ0) is 13.8. The highest BCUT2D eigenvalue weighted by molar-refractivity contribution is 7.92. The van der Waals surface area contributed by atoms with Gasteiger partial charge in [0.15, 0.2) is 9.84 Å². The molecule has 0 spiro atoms. The monoisotopic (exact) mass is 274 g/mol. The average Bonchev–Trinajstić information content (AvgIpc) is 2.39. The van der Waals surface area contributed by atoms with Crippen molar-refractivity contribution < 1.29 is 23.4 Å². The molecule has 5 nitrogen and oxygen atoms in total. The summed E-state index contributed by atoms with van der Waals surface area (Å²) in [7, 11) is -1.99. The number of sulfone groups is 1. The van der Waals surface area contributed by atoms with Crippen LogP contribution in [0, 0.1) is 0 Å². The van der Waals surface area contributed by atoms with Crippen LogP contribution >= 0.6 is 0 Å². The van der Waals surface area contributed by atoms with Crippen LogP contribution < -0.4 is 4.74 Å². The molecule has 0 saturated carbocycles. The molecule has 0 aliphatic heterocycles. The van der Waals surface area contributed by atoms with E-state index in [1.807, 2.05) is 0 Å². The molecular formula is C12H18O5S. The van der Waals surface area contributed by atoms with E-state index in [0.717, 1.165) is 0 Å². The number of hydrogen-bond acceptors (Lipinski definition) is 5. The Morgan fingerprint density at radius 3 is 2.22 bits per heavy atom. The molecule has 2 atom stereocenters. The van der Waals surface area contributed by atoms with Gasteiger partial charge < -0.3 is 14.9 Å². The Hall–Kier alpha value is -1.11. The maximum atomic E-state index is 11.7. The van der Waals surface area contributed by atoms with E-state index in [0.29, 0.717) is 11.3 Å². The van der Waals surface area contributed by atoms with Crippen LogP contribution in [-0.4, -0.2) is 43.4 Å². The first-order valence-electron chi connectivity index (χ1n) is 5.60. The molecule has 6 heteroatoms. The highest BCUT2D eigenvalue weighted by Gasteiger charge is 2.31. The first-order chi connectivity index (χ1) is 8.46. The minimum absolute atomic E-state index is 0.120. The third-order valence-electron chi connectivity index (χ3n) is 2.85. The van der Waals surface area contributed by atoms with Crippen LogP contribution in [0.4, 0.5) is 0 Å². The molecular weight excluding hydrogens is 256 g/mol. The van der Waals surface area contributed by atoms with Crippen LogP contribution in [0.15, 0.2) is 24.3 Å². The lowest BCUT2D eigenvalue weighted by Crippen LogP contribution is -2.33. The second-order valence-electron chi connectivity index (χ2n) is 3.89. The largest absolute Gasteiger partial charge is 0.497 e. The fourth-order valence-electron chi connectivity index (χ4n) is 1.64. The predicted molar refractivity (Wildman–Crippen MR) is 68.3 cm³/mol. The van der Waals surface area contributed by atoms with Gasteiger partial charge in [-0.05, 0) is 17.7 Å². The Bertz CT molecular complexity index is 466. The quantitative estimate of drug-likeness (QED) is 0.790. The van der Waals surface area contributed by atoms with Gasteiger partial charge in [-0.15, -0.1) is 0 Å². The second kappa shape index (κ2) is 6.17. The summed E-state index contributed by atoms with van der Waals surface area (Å²) in [5, 5.41) is 18.0.